The van der Waals surface area contributed by atoms with E-state index in [1.54, 1.807) is 0 Å². The normalized spacial score (nSPS) is 41.5. The fourth-order valence-corrected chi connectivity index (χ4v) is 4.25. The number of hydrogen-bond acceptors (Lipinski definition) is 1. The average molecular weight is 299 g/mol. The average Bonchev–Trinajstić information content (AvgIpc) is 2.27. The van der Waals surface area contributed by atoms with Crippen molar-refractivity contribution < 1.29 is 5.11 Å². The molecule has 0 saturated heterocycles. The molecule has 2 rings (SSSR count). The van der Waals surface area contributed by atoms with Crippen LogP contribution in [0.4, 0.5) is 0 Å². The Balaban J connectivity index is 2.41. The van der Waals surface area contributed by atoms with E-state index in [-0.39, 0.29) is 21.8 Å². The summed E-state index contributed by atoms with van der Waals surface area (Å²) in [6.07, 6.45) is 6.24. The second-order valence-corrected chi connectivity index (χ2v) is 7.32. The maximum absolute atomic E-state index is 10.1. The first-order chi connectivity index (χ1) is 7.81. The van der Waals surface area contributed by atoms with E-state index in [4.69, 9.17) is 0 Å². The summed E-state index contributed by atoms with van der Waals surface area (Å²) in [5.41, 5.74) is 2.96. The second kappa shape index (κ2) is 4.24. The molecule has 0 radical (unpaired) electrons. The van der Waals surface area contributed by atoms with Crippen LogP contribution in [0.1, 0.15) is 46.5 Å². The van der Waals surface area contributed by atoms with Crippen molar-refractivity contribution in [2.45, 2.75) is 57.4 Å². The Morgan fingerprint density at radius 1 is 1.47 bits per heavy atom. The van der Waals surface area contributed by atoms with Gasteiger partial charge in [-0.15, -0.1) is 0 Å². The van der Waals surface area contributed by atoms with E-state index in [1.807, 2.05) is 0 Å². The summed E-state index contributed by atoms with van der Waals surface area (Å²) in [5, 5.41) is 10.1. The van der Waals surface area contributed by atoms with Crippen LogP contribution in [0.5, 0.6) is 0 Å². The molecule has 0 heterocycles. The minimum absolute atomic E-state index is 0.0545. The van der Waals surface area contributed by atoms with Gasteiger partial charge in [0.15, 0.2) is 0 Å². The SMILES string of the molecule is C=C1C[C@H](O)[C@@H](Br)C(C)(C)C12CC=C(C)CC2. The molecule has 1 nitrogen and oxygen atoms in total. The van der Waals surface area contributed by atoms with Gasteiger partial charge in [-0.2, -0.15) is 0 Å². The van der Waals surface area contributed by atoms with E-state index in [1.165, 1.54) is 17.6 Å². The highest BCUT2D eigenvalue weighted by molar-refractivity contribution is 9.09. The summed E-state index contributed by atoms with van der Waals surface area (Å²) < 4.78 is 0. The Kier molecular flexibility index (Phi) is 3.33. The molecule has 2 heteroatoms. The zero-order valence-electron chi connectivity index (χ0n) is 11.1. The lowest BCUT2D eigenvalue weighted by atomic mass is 9.50. The Morgan fingerprint density at radius 2 is 2.12 bits per heavy atom. The molecular weight excluding hydrogens is 276 g/mol. The molecule has 0 amide bonds. The van der Waals surface area contributed by atoms with E-state index in [0.717, 1.165) is 19.3 Å². The largest absolute Gasteiger partial charge is 0.392 e. The van der Waals surface area contributed by atoms with Crippen molar-refractivity contribution in [3.63, 3.8) is 0 Å². The van der Waals surface area contributed by atoms with Crippen molar-refractivity contribution in [3.8, 4) is 0 Å². The van der Waals surface area contributed by atoms with Gasteiger partial charge in [0.25, 0.3) is 0 Å². The van der Waals surface area contributed by atoms with Gasteiger partial charge in [-0.1, -0.05) is 53.6 Å². The third-order valence-electron chi connectivity index (χ3n) is 5.14. The molecule has 2 aliphatic rings. The fourth-order valence-electron chi connectivity index (χ4n) is 3.62. The number of rotatable bonds is 0. The molecule has 0 aromatic carbocycles. The number of alkyl halides is 1. The van der Waals surface area contributed by atoms with E-state index in [9.17, 15) is 5.11 Å². The van der Waals surface area contributed by atoms with Gasteiger partial charge in [0.05, 0.1) is 6.10 Å². The Bertz CT molecular complexity index is 369. The number of aliphatic hydroxyl groups excluding tert-OH is 1. The molecule has 0 bridgehead atoms. The number of aliphatic hydroxyl groups is 1. The van der Waals surface area contributed by atoms with Crippen LogP contribution >= 0.6 is 15.9 Å². The molecule has 96 valence electrons. The monoisotopic (exact) mass is 298 g/mol. The fraction of sp³-hybridized carbons (Fsp3) is 0.733. The van der Waals surface area contributed by atoms with Crippen molar-refractivity contribution in [1.82, 2.24) is 0 Å². The summed E-state index contributed by atoms with van der Waals surface area (Å²) in [7, 11) is 0. The number of hydrogen-bond donors (Lipinski definition) is 1. The lowest BCUT2D eigenvalue weighted by molar-refractivity contribution is 0.00123. The molecule has 1 unspecified atom stereocenters. The minimum atomic E-state index is -0.296. The van der Waals surface area contributed by atoms with Crippen LogP contribution in [0.15, 0.2) is 23.8 Å². The summed E-state index contributed by atoms with van der Waals surface area (Å²) in [6.45, 7) is 11.0. The predicted molar refractivity (Wildman–Crippen MR) is 76.3 cm³/mol. The van der Waals surface area contributed by atoms with E-state index >= 15 is 0 Å². The van der Waals surface area contributed by atoms with Crippen LogP contribution in [0.3, 0.4) is 0 Å². The van der Waals surface area contributed by atoms with E-state index < -0.39 is 0 Å². The first-order valence-electron chi connectivity index (χ1n) is 6.47. The van der Waals surface area contributed by atoms with Crippen LogP contribution in [-0.2, 0) is 0 Å². The van der Waals surface area contributed by atoms with Crippen molar-refractivity contribution in [2.75, 3.05) is 0 Å². The molecule has 0 aromatic rings. The highest BCUT2D eigenvalue weighted by Gasteiger charge is 2.55. The van der Waals surface area contributed by atoms with Gasteiger partial charge < -0.3 is 5.11 Å². The number of halogens is 1. The maximum Gasteiger partial charge on any atom is 0.0707 e. The Hall–Kier alpha value is -0.0800. The summed E-state index contributed by atoms with van der Waals surface area (Å²) in [6, 6.07) is 0. The van der Waals surface area contributed by atoms with Gasteiger partial charge in [0.1, 0.15) is 0 Å². The third-order valence-corrected chi connectivity index (χ3v) is 6.89. The molecule has 0 aliphatic heterocycles. The van der Waals surface area contributed by atoms with Crippen LogP contribution in [0.25, 0.3) is 0 Å². The van der Waals surface area contributed by atoms with Crippen molar-refractivity contribution in [2.24, 2.45) is 10.8 Å². The van der Waals surface area contributed by atoms with E-state index in [2.05, 4.69) is 49.4 Å². The van der Waals surface area contributed by atoms with Crippen molar-refractivity contribution in [1.29, 1.82) is 0 Å². The second-order valence-electron chi connectivity index (χ2n) is 6.34. The molecule has 2 aliphatic carbocycles. The van der Waals surface area contributed by atoms with Crippen LogP contribution in [0, 0.1) is 10.8 Å². The van der Waals surface area contributed by atoms with Crippen LogP contribution < -0.4 is 0 Å². The van der Waals surface area contributed by atoms with Gasteiger partial charge >= 0.3 is 0 Å². The van der Waals surface area contributed by atoms with E-state index in [0.29, 0.717) is 0 Å². The molecule has 1 N–H and O–H groups in total. The molecule has 1 fully saturated rings. The van der Waals surface area contributed by atoms with Gasteiger partial charge in [0, 0.05) is 10.2 Å². The maximum atomic E-state index is 10.1. The molecule has 1 spiro atoms. The van der Waals surface area contributed by atoms with Gasteiger partial charge in [-0.25, -0.2) is 0 Å². The quantitative estimate of drug-likeness (QED) is 0.524. The molecule has 0 aromatic heterocycles. The predicted octanol–water partition coefficient (Wildman–Crippen LogP) is 4.21. The van der Waals surface area contributed by atoms with Crippen LogP contribution in [0.2, 0.25) is 0 Å². The smallest absolute Gasteiger partial charge is 0.0707 e. The van der Waals surface area contributed by atoms with Crippen LogP contribution in [-0.4, -0.2) is 16.0 Å². The summed E-state index contributed by atoms with van der Waals surface area (Å²) in [5.74, 6) is 0. The minimum Gasteiger partial charge on any atom is -0.392 e. The van der Waals surface area contributed by atoms with Crippen molar-refractivity contribution in [3.05, 3.63) is 23.8 Å². The van der Waals surface area contributed by atoms with Gasteiger partial charge in [0.2, 0.25) is 0 Å². The summed E-state index contributed by atoms with van der Waals surface area (Å²) >= 11 is 3.72. The highest BCUT2D eigenvalue weighted by Crippen LogP contribution is 2.61. The standard InChI is InChI=1S/C15H23BrO/c1-10-5-7-15(8-6-10)11(2)9-12(17)13(16)14(15,3)4/h5,12-13,17H,2,6-9H2,1,3-4H3/t12-,13+,15?/m0/s1. The zero-order chi connectivity index (χ0) is 12.8. The molecular formula is C15H23BrO. The Morgan fingerprint density at radius 3 is 2.65 bits per heavy atom. The lowest BCUT2D eigenvalue weighted by Crippen LogP contribution is -2.54. The van der Waals surface area contributed by atoms with Gasteiger partial charge in [-0.3, -0.25) is 0 Å². The first-order valence-corrected chi connectivity index (χ1v) is 7.39. The third kappa shape index (κ3) is 1.84. The Labute approximate surface area is 113 Å². The summed E-state index contributed by atoms with van der Waals surface area (Å²) in [4.78, 5) is 0.160. The molecule has 1 saturated carbocycles. The highest BCUT2D eigenvalue weighted by atomic mass is 79.9. The van der Waals surface area contributed by atoms with Crippen molar-refractivity contribution >= 4 is 15.9 Å². The zero-order valence-corrected chi connectivity index (χ0v) is 12.7. The lowest BCUT2D eigenvalue weighted by Gasteiger charge is -2.57. The topological polar surface area (TPSA) is 20.2 Å². The molecule has 3 atom stereocenters. The molecule has 17 heavy (non-hydrogen) atoms. The number of allylic oxidation sites excluding steroid dienone is 2. The first kappa shape index (κ1) is 13.4. The van der Waals surface area contributed by atoms with Gasteiger partial charge in [-0.05, 0) is 38.0 Å².